The zero-order valence-electron chi connectivity index (χ0n) is 25.6. The zero-order valence-corrected chi connectivity index (χ0v) is 25.6. The van der Waals surface area contributed by atoms with Gasteiger partial charge in [0.25, 0.3) is 17.7 Å². The summed E-state index contributed by atoms with van der Waals surface area (Å²) in [6, 6.07) is 13.7. The van der Waals surface area contributed by atoms with E-state index in [0.29, 0.717) is 29.8 Å². The Morgan fingerprint density at radius 2 is 1.73 bits per heavy atom. The highest BCUT2D eigenvalue weighted by atomic mass is 19.2. The molecule has 0 fully saturated rings. The first-order chi connectivity index (χ1) is 23.0. The lowest BCUT2D eigenvalue weighted by atomic mass is 9.98. The van der Waals surface area contributed by atoms with Gasteiger partial charge in [0.05, 0.1) is 24.9 Å². The number of halogens is 2. The molecule has 0 bridgehead atoms. The van der Waals surface area contributed by atoms with Crippen LogP contribution in [-0.4, -0.2) is 50.5 Å². The topological polar surface area (TPSA) is 164 Å². The van der Waals surface area contributed by atoms with Crippen LogP contribution in [0, 0.1) is 18.6 Å². The SMILES string of the molecule is COc1ccc(NC(=O)c2cnn3c(C(=O)N[C@H]4CCc5c4ccc(C(=O)O)c5C)cc(C(=O)NCc4ccc(F)c(F)c4)nc23)cc1. The molecule has 5 aromatic rings. The van der Waals surface area contributed by atoms with Crippen LogP contribution < -0.4 is 20.7 Å². The van der Waals surface area contributed by atoms with E-state index in [9.17, 15) is 33.1 Å². The number of fused-ring (bicyclic) bond motifs is 2. The maximum absolute atomic E-state index is 13.8. The van der Waals surface area contributed by atoms with Gasteiger partial charge in [-0.3, -0.25) is 14.4 Å². The summed E-state index contributed by atoms with van der Waals surface area (Å²) < 4.78 is 33.4. The average molecular weight is 655 g/mol. The minimum absolute atomic E-state index is 0.0295. The van der Waals surface area contributed by atoms with Crippen molar-refractivity contribution in [1.29, 1.82) is 0 Å². The van der Waals surface area contributed by atoms with Gasteiger partial charge in [-0.2, -0.15) is 5.10 Å². The molecule has 48 heavy (non-hydrogen) atoms. The first kappa shape index (κ1) is 31.8. The van der Waals surface area contributed by atoms with Crippen molar-refractivity contribution >= 4 is 35.0 Å². The van der Waals surface area contributed by atoms with Gasteiger partial charge in [0.15, 0.2) is 17.3 Å². The van der Waals surface area contributed by atoms with Crippen LogP contribution in [0.5, 0.6) is 5.75 Å². The van der Waals surface area contributed by atoms with Gasteiger partial charge in [0, 0.05) is 18.3 Å². The number of nitrogens with one attached hydrogen (secondary N) is 3. The molecule has 14 heteroatoms. The summed E-state index contributed by atoms with van der Waals surface area (Å²) in [6.45, 7) is 1.55. The van der Waals surface area contributed by atoms with Crippen LogP contribution >= 0.6 is 0 Å². The predicted octanol–water partition coefficient (Wildman–Crippen LogP) is 4.62. The molecule has 6 rings (SSSR count). The fourth-order valence-corrected chi connectivity index (χ4v) is 5.69. The van der Waals surface area contributed by atoms with Crippen molar-refractivity contribution in [2.75, 3.05) is 12.4 Å². The highest BCUT2D eigenvalue weighted by Crippen LogP contribution is 2.35. The van der Waals surface area contributed by atoms with E-state index in [0.717, 1.165) is 27.8 Å². The second-order valence-corrected chi connectivity index (χ2v) is 11.1. The van der Waals surface area contributed by atoms with Gasteiger partial charge >= 0.3 is 5.97 Å². The summed E-state index contributed by atoms with van der Waals surface area (Å²) in [5.74, 6) is -4.54. The average Bonchev–Trinajstić information content (AvgIpc) is 3.70. The molecule has 0 unspecified atom stereocenters. The fraction of sp³-hybridized carbons (Fsp3) is 0.176. The molecule has 0 radical (unpaired) electrons. The lowest BCUT2D eigenvalue weighted by Crippen LogP contribution is -2.31. The standard InChI is InChI=1S/C34H28F2N6O6/c1-17-21-10-12-27(23(21)9-8-22(17)34(46)47)41-33(45)29-14-28(32(44)37-15-18-3-11-25(35)26(36)13-18)40-30-24(16-38-42(29)30)31(43)39-19-4-6-20(48-2)7-5-19/h3-9,11,13-14,16,27H,10,12,15H2,1-2H3,(H,37,44)(H,39,43)(H,41,45)(H,46,47)/t27-/m0/s1. The highest BCUT2D eigenvalue weighted by molar-refractivity contribution is 6.09. The molecule has 1 aliphatic carbocycles. The Morgan fingerprint density at radius 1 is 0.958 bits per heavy atom. The number of ether oxygens (including phenoxy) is 1. The molecule has 1 atom stereocenters. The molecule has 0 saturated carbocycles. The zero-order chi connectivity index (χ0) is 34.1. The van der Waals surface area contributed by atoms with Gasteiger partial charge in [-0.15, -0.1) is 0 Å². The first-order valence-electron chi connectivity index (χ1n) is 14.8. The summed E-state index contributed by atoms with van der Waals surface area (Å²) in [6.07, 6.45) is 2.28. The van der Waals surface area contributed by atoms with Crippen molar-refractivity contribution in [2.45, 2.75) is 32.4 Å². The lowest BCUT2D eigenvalue weighted by molar-refractivity contribution is 0.0695. The summed E-state index contributed by atoms with van der Waals surface area (Å²) in [5.41, 5.74) is 2.71. The molecule has 2 heterocycles. The minimum atomic E-state index is -1.07. The van der Waals surface area contributed by atoms with Gasteiger partial charge in [0.2, 0.25) is 0 Å². The predicted molar refractivity (Wildman–Crippen MR) is 168 cm³/mol. The van der Waals surface area contributed by atoms with E-state index in [4.69, 9.17) is 4.74 Å². The van der Waals surface area contributed by atoms with E-state index >= 15 is 0 Å². The summed E-state index contributed by atoms with van der Waals surface area (Å²) in [4.78, 5) is 56.5. The first-order valence-corrected chi connectivity index (χ1v) is 14.8. The number of benzene rings is 3. The third-order valence-corrected chi connectivity index (χ3v) is 8.20. The second kappa shape index (κ2) is 12.9. The van der Waals surface area contributed by atoms with Crippen molar-refractivity contribution in [3.05, 3.63) is 123 Å². The number of rotatable bonds is 9. The molecule has 3 aromatic carbocycles. The third kappa shape index (κ3) is 6.15. The number of nitrogens with zero attached hydrogens (tertiary/aromatic N) is 3. The van der Waals surface area contributed by atoms with Crippen LogP contribution in [0.4, 0.5) is 14.5 Å². The van der Waals surface area contributed by atoms with Crippen molar-refractivity contribution in [3.63, 3.8) is 0 Å². The molecule has 0 spiro atoms. The number of hydrogen-bond acceptors (Lipinski definition) is 7. The van der Waals surface area contributed by atoms with Crippen LogP contribution in [0.2, 0.25) is 0 Å². The number of carbonyl (C=O) groups is 4. The molecule has 0 aliphatic heterocycles. The maximum atomic E-state index is 13.8. The minimum Gasteiger partial charge on any atom is -0.497 e. The number of carboxylic acids is 1. The van der Waals surface area contributed by atoms with E-state index in [1.807, 2.05) is 0 Å². The number of aromatic carboxylic acids is 1. The summed E-state index contributed by atoms with van der Waals surface area (Å²) in [7, 11) is 1.51. The number of hydrogen-bond donors (Lipinski definition) is 4. The van der Waals surface area contributed by atoms with Crippen molar-refractivity contribution < 1.29 is 37.8 Å². The maximum Gasteiger partial charge on any atom is 0.335 e. The number of carbonyl (C=O) groups excluding carboxylic acids is 3. The van der Waals surface area contributed by atoms with E-state index in [2.05, 4.69) is 26.0 Å². The van der Waals surface area contributed by atoms with Gasteiger partial charge in [0.1, 0.15) is 22.7 Å². The highest BCUT2D eigenvalue weighted by Gasteiger charge is 2.29. The fourth-order valence-electron chi connectivity index (χ4n) is 5.69. The van der Waals surface area contributed by atoms with Gasteiger partial charge in [-0.05, 0) is 84.5 Å². The molecule has 244 valence electrons. The number of amides is 3. The van der Waals surface area contributed by atoms with E-state index in [1.54, 1.807) is 37.3 Å². The molecule has 3 amide bonds. The molecule has 2 aromatic heterocycles. The number of methoxy groups -OCH3 is 1. The van der Waals surface area contributed by atoms with Crippen LogP contribution in [0.15, 0.2) is 66.9 Å². The lowest BCUT2D eigenvalue weighted by Gasteiger charge is -2.16. The largest absolute Gasteiger partial charge is 0.497 e. The van der Waals surface area contributed by atoms with E-state index < -0.39 is 41.4 Å². The monoisotopic (exact) mass is 654 g/mol. The van der Waals surface area contributed by atoms with Crippen LogP contribution in [0.25, 0.3) is 5.65 Å². The molecule has 1 aliphatic rings. The Morgan fingerprint density at radius 3 is 2.44 bits per heavy atom. The van der Waals surface area contributed by atoms with Crippen molar-refractivity contribution in [3.8, 4) is 5.75 Å². The third-order valence-electron chi connectivity index (χ3n) is 8.20. The number of anilines is 1. The van der Waals surface area contributed by atoms with Crippen molar-refractivity contribution in [2.24, 2.45) is 0 Å². The molecule has 4 N–H and O–H groups in total. The van der Waals surface area contributed by atoms with Gasteiger partial charge in [-0.25, -0.2) is 23.1 Å². The Balaban J connectivity index is 1.33. The Labute approximate surface area is 271 Å². The Kier molecular flexibility index (Phi) is 8.55. The molecule has 12 nitrogen and oxygen atoms in total. The molecule has 0 saturated heterocycles. The smallest absolute Gasteiger partial charge is 0.335 e. The van der Waals surface area contributed by atoms with Crippen LogP contribution in [-0.2, 0) is 13.0 Å². The van der Waals surface area contributed by atoms with Crippen LogP contribution in [0.3, 0.4) is 0 Å². The Hall–Kier alpha value is -6.18. The van der Waals surface area contributed by atoms with E-state index in [-0.39, 0.29) is 40.3 Å². The second-order valence-electron chi connectivity index (χ2n) is 11.1. The Bertz CT molecular complexity index is 2110. The van der Waals surface area contributed by atoms with E-state index in [1.165, 1.54) is 31.5 Å². The molecular formula is C34H28F2N6O6. The number of carboxylic acid groups (broad SMARTS) is 1. The molecular weight excluding hydrogens is 626 g/mol. The number of aromatic nitrogens is 3. The summed E-state index contributed by atoms with van der Waals surface area (Å²) >= 11 is 0. The van der Waals surface area contributed by atoms with Gasteiger partial charge in [-0.1, -0.05) is 12.1 Å². The normalized spacial score (nSPS) is 13.5. The van der Waals surface area contributed by atoms with Crippen molar-refractivity contribution in [1.82, 2.24) is 25.2 Å². The summed E-state index contributed by atoms with van der Waals surface area (Å²) in [5, 5.41) is 22.0. The van der Waals surface area contributed by atoms with Crippen LogP contribution in [0.1, 0.15) is 76.4 Å². The van der Waals surface area contributed by atoms with Gasteiger partial charge < -0.3 is 25.8 Å². The quantitative estimate of drug-likeness (QED) is 0.179.